The van der Waals surface area contributed by atoms with Crippen LogP contribution in [0.3, 0.4) is 0 Å². The maximum atomic E-state index is 11.2. The van der Waals surface area contributed by atoms with Crippen LogP contribution >= 0.6 is 0 Å². The minimum absolute atomic E-state index is 0.437. The molecule has 1 rings (SSSR count). The Morgan fingerprint density at radius 3 is 2.71 bits per heavy atom. The Morgan fingerprint density at radius 1 is 1.57 bits per heavy atom. The van der Waals surface area contributed by atoms with E-state index in [1.165, 1.54) is 13.3 Å². The third-order valence-electron chi connectivity index (χ3n) is 1.74. The van der Waals surface area contributed by atoms with Crippen molar-refractivity contribution in [2.75, 3.05) is 7.11 Å². The van der Waals surface area contributed by atoms with Gasteiger partial charge in [-0.05, 0) is 11.6 Å². The molecule has 0 spiro atoms. The predicted octanol–water partition coefficient (Wildman–Crippen LogP) is -0.177. The third-order valence-corrected chi connectivity index (χ3v) is 1.74. The van der Waals surface area contributed by atoms with Crippen molar-refractivity contribution in [1.29, 1.82) is 0 Å². The van der Waals surface area contributed by atoms with Crippen LogP contribution in [0, 0.1) is 0 Å². The van der Waals surface area contributed by atoms with E-state index in [1.807, 2.05) is 0 Å². The SMILES string of the molecule is COC(=O)C(C(N)=O)c1cccnc1. The van der Waals surface area contributed by atoms with E-state index >= 15 is 0 Å². The summed E-state index contributed by atoms with van der Waals surface area (Å²) in [7, 11) is 1.20. The molecule has 0 saturated carbocycles. The molecule has 0 aliphatic heterocycles. The number of primary amides is 1. The van der Waals surface area contributed by atoms with Crippen LogP contribution in [0.25, 0.3) is 0 Å². The molecular weight excluding hydrogens is 184 g/mol. The second kappa shape index (κ2) is 4.36. The highest BCUT2D eigenvalue weighted by Gasteiger charge is 2.27. The second-order valence-electron chi connectivity index (χ2n) is 2.64. The zero-order chi connectivity index (χ0) is 10.6. The molecule has 1 heterocycles. The van der Waals surface area contributed by atoms with E-state index in [0.717, 1.165) is 0 Å². The van der Waals surface area contributed by atoms with Gasteiger partial charge < -0.3 is 10.5 Å². The van der Waals surface area contributed by atoms with Gasteiger partial charge in [-0.1, -0.05) is 6.07 Å². The highest BCUT2D eigenvalue weighted by Crippen LogP contribution is 2.15. The molecule has 1 amide bonds. The summed E-state index contributed by atoms with van der Waals surface area (Å²) in [5.74, 6) is -2.50. The molecule has 0 fully saturated rings. The molecular formula is C9H10N2O3. The number of methoxy groups -OCH3 is 1. The number of carbonyl (C=O) groups is 2. The molecule has 5 nitrogen and oxygen atoms in total. The van der Waals surface area contributed by atoms with Gasteiger partial charge in [-0.25, -0.2) is 0 Å². The van der Waals surface area contributed by atoms with Crippen LogP contribution in [-0.4, -0.2) is 24.0 Å². The molecule has 14 heavy (non-hydrogen) atoms. The summed E-state index contributed by atoms with van der Waals surface area (Å²) in [5.41, 5.74) is 5.51. The Bertz CT molecular complexity index is 337. The minimum Gasteiger partial charge on any atom is -0.468 e. The Hall–Kier alpha value is -1.91. The van der Waals surface area contributed by atoms with E-state index in [0.29, 0.717) is 5.56 Å². The number of rotatable bonds is 3. The Kier molecular flexibility index (Phi) is 3.17. The number of pyridine rings is 1. The predicted molar refractivity (Wildman–Crippen MR) is 48.2 cm³/mol. The first-order chi connectivity index (χ1) is 6.66. The Labute approximate surface area is 80.9 Å². The fourth-order valence-electron chi connectivity index (χ4n) is 1.08. The standard InChI is InChI=1S/C9H10N2O3/c1-14-9(13)7(8(10)12)6-3-2-4-11-5-6/h2-5,7H,1H3,(H2,10,12). The topological polar surface area (TPSA) is 82.3 Å². The number of amides is 1. The fourth-order valence-corrected chi connectivity index (χ4v) is 1.08. The van der Waals surface area contributed by atoms with Gasteiger partial charge in [-0.3, -0.25) is 14.6 Å². The minimum atomic E-state index is -1.08. The number of hydrogen-bond donors (Lipinski definition) is 1. The smallest absolute Gasteiger partial charge is 0.322 e. The second-order valence-corrected chi connectivity index (χ2v) is 2.64. The van der Waals surface area contributed by atoms with Crippen LogP contribution in [0.15, 0.2) is 24.5 Å². The van der Waals surface area contributed by atoms with E-state index in [9.17, 15) is 9.59 Å². The van der Waals surface area contributed by atoms with Gasteiger partial charge in [0.15, 0.2) is 5.92 Å². The molecule has 5 heteroatoms. The molecule has 1 atom stereocenters. The molecule has 1 aromatic heterocycles. The van der Waals surface area contributed by atoms with Crippen molar-refractivity contribution < 1.29 is 14.3 Å². The summed E-state index contributed by atoms with van der Waals surface area (Å²) in [6.45, 7) is 0. The lowest BCUT2D eigenvalue weighted by Crippen LogP contribution is -2.29. The largest absolute Gasteiger partial charge is 0.468 e. The summed E-state index contributed by atoms with van der Waals surface area (Å²) in [6.07, 6.45) is 2.95. The summed E-state index contributed by atoms with van der Waals surface area (Å²) >= 11 is 0. The first-order valence-electron chi connectivity index (χ1n) is 3.94. The molecule has 0 aliphatic rings. The van der Waals surface area contributed by atoms with Gasteiger partial charge in [0.25, 0.3) is 0 Å². The summed E-state index contributed by atoms with van der Waals surface area (Å²) in [4.78, 5) is 26.0. The van der Waals surface area contributed by atoms with Crippen LogP contribution in [0.5, 0.6) is 0 Å². The van der Waals surface area contributed by atoms with Crippen molar-refractivity contribution in [2.45, 2.75) is 5.92 Å². The van der Waals surface area contributed by atoms with Crippen LogP contribution < -0.4 is 5.73 Å². The van der Waals surface area contributed by atoms with Gasteiger partial charge >= 0.3 is 5.97 Å². The number of ether oxygens (including phenoxy) is 1. The van der Waals surface area contributed by atoms with E-state index in [2.05, 4.69) is 9.72 Å². The summed E-state index contributed by atoms with van der Waals surface area (Å²) in [5, 5.41) is 0. The monoisotopic (exact) mass is 194 g/mol. The third kappa shape index (κ3) is 2.07. The number of nitrogens with two attached hydrogens (primary N) is 1. The maximum Gasteiger partial charge on any atom is 0.322 e. The number of carbonyl (C=O) groups excluding carboxylic acids is 2. The van der Waals surface area contributed by atoms with E-state index in [1.54, 1.807) is 18.3 Å². The summed E-state index contributed by atoms with van der Waals surface area (Å²) < 4.78 is 4.46. The fraction of sp³-hybridized carbons (Fsp3) is 0.222. The molecule has 0 aliphatic carbocycles. The Balaban J connectivity index is 3.01. The number of nitrogens with zero attached hydrogens (tertiary/aromatic N) is 1. The highest BCUT2D eigenvalue weighted by atomic mass is 16.5. The van der Waals surface area contributed by atoms with Crippen LogP contribution in [0.4, 0.5) is 0 Å². The molecule has 0 aromatic carbocycles. The average Bonchev–Trinajstić information content (AvgIpc) is 2.19. The summed E-state index contributed by atoms with van der Waals surface area (Å²) in [6, 6.07) is 3.22. The zero-order valence-corrected chi connectivity index (χ0v) is 7.64. The molecule has 1 unspecified atom stereocenters. The van der Waals surface area contributed by atoms with Crippen molar-refractivity contribution in [2.24, 2.45) is 5.73 Å². The van der Waals surface area contributed by atoms with E-state index in [-0.39, 0.29) is 0 Å². The number of hydrogen-bond acceptors (Lipinski definition) is 4. The maximum absolute atomic E-state index is 11.2. The first-order valence-corrected chi connectivity index (χ1v) is 3.94. The quantitative estimate of drug-likeness (QED) is 0.534. The molecule has 1 aromatic rings. The van der Waals surface area contributed by atoms with Gasteiger partial charge in [-0.15, -0.1) is 0 Å². The van der Waals surface area contributed by atoms with Crippen LogP contribution in [0.1, 0.15) is 11.5 Å². The lowest BCUT2D eigenvalue weighted by atomic mass is 10.0. The first kappa shape index (κ1) is 10.2. The molecule has 0 bridgehead atoms. The van der Waals surface area contributed by atoms with Crippen molar-refractivity contribution >= 4 is 11.9 Å². The molecule has 74 valence electrons. The van der Waals surface area contributed by atoms with Gasteiger partial charge in [0.05, 0.1) is 7.11 Å². The van der Waals surface area contributed by atoms with Crippen molar-refractivity contribution in [3.8, 4) is 0 Å². The normalized spacial score (nSPS) is 11.8. The van der Waals surface area contributed by atoms with Crippen molar-refractivity contribution in [3.05, 3.63) is 30.1 Å². The van der Waals surface area contributed by atoms with Crippen molar-refractivity contribution in [1.82, 2.24) is 4.98 Å². The zero-order valence-electron chi connectivity index (χ0n) is 7.64. The van der Waals surface area contributed by atoms with Gasteiger partial charge in [0.1, 0.15) is 0 Å². The number of esters is 1. The van der Waals surface area contributed by atoms with E-state index in [4.69, 9.17) is 5.73 Å². The highest BCUT2D eigenvalue weighted by molar-refractivity contribution is 6.02. The van der Waals surface area contributed by atoms with Crippen LogP contribution in [-0.2, 0) is 14.3 Å². The lowest BCUT2D eigenvalue weighted by Gasteiger charge is -2.09. The average molecular weight is 194 g/mol. The molecule has 0 saturated heterocycles. The van der Waals surface area contributed by atoms with Gasteiger partial charge in [0.2, 0.25) is 5.91 Å². The van der Waals surface area contributed by atoms with E-state index < -0.39 is 17.8 Å². The van der Waals surface area contributed by atoms with Crippen LogP contribution in [0.2, 0.25) is 0 Å². The Morgan fingerprint density at radius 2 is 2.29 bits per heavy atom. The van der Waals surface area contributed by atoms with Gasteiger partial charge in [0, 0.05) is 12.4 Å². The number of aromatic nitrogens is 1. The van der Waals surface area contributed by atoms with Gasteiger partial charge in [-0.2, -0.15) is 0 Å². The molecule has 2 N–H and O–H groups in total. The van der Waals surface area contributed by atoms with Crippen molar-refractivity contribution in [3.63, 3.8) is 0 Å². The molecule has 0 radical (unpaired) electrons. The lowest BCUT2D eigenvalue weighted by molar-refractivity contribution is -0.145.